The Morgan fingerprint density at radius 3 is 2.67 bits per heavy atom. The monoisotopic (exact) mass is 344 g/mol. The van der Waals surface area contributed by atoms with Gasteiger partial charge in [0.25, 0.3) is 0 Å². The molecular formula is C14H14Cl2N2O2S. The van der Waals surface area contributed by atoms with Crippen molar-refractivity contribution in [1.82, 2.24) is 5.32 Å². The number of urea groups is 1. The first kappa shape index (κ1) is 15.9. The molecule has 0 radical (unpaired) electrons. The fourth-order valence-corrected chi connectivity index (χ4v) is 3.00. The zero-order valence-electron chi connectivity index (χ0n) is 11.4. The molecular weight excluding hydrogens is 331 g/mol. The minimum Gasteiger partial charge on any atom is -0.495 e. The van der Waals surface area contributed by atoms with Gasteiger partial charge in [0.1, 0.15) is 5.75 Å². The molecule has 1 aromatic carbocycles. The molecule has 2 rings (SSSR count). The molecule has 0 spiro atoms. The van der Waals surface area contributed by atoms with Crippen LogP contribution in [0.5, 0.6) is 5.75 Å². The summed E-state index contributed by atoms with van der Waals surface area (Å²) in [6, 6.07) is 8.22. The normalized spacial score (nSPS) is 11.8. The number of methoxy groups -OCH3 is 1. The van der Waals surface area contributed by atoms with E-state index in [1.807, 2.05) is 13.0 Å². The molecule has 2 N–H and O–H groups in total. The third-order valence-electron chi connectivity index (χ3n) is 2.78. The lowest BCUT2D eigenvalue weighted by atomic mass is 10.2. The summed E-state index contributed by atoms with van der Waals surface area (Å²) in [5.74, 6) is 0.543. The largest absolute Gasteiger partial charge is 0.495 e. The van der Waals surface area contributed by atoms with Gasteiger partial charge in [-0.2, -0.15) is 0 Å². The van der Waals surface area contributed by atoms with Gasteiger partial charge >= 0.3 is 6.03 Å². The molecule has 4 nitrogen and oxygen atoms in total. The highest BCUT2D eigenvalue weighted by Gasteiger charge is 2.13. The SMILES string of the molecule is COc1ccc(Cl)cc1NC(=O)N[C@H](C)c1ccc(Cl)s1. The van der Waals surface area contributed by atoms with E-state index in [1.165, 1.54) is 18.4 Å². The van der Waals surface area contributed by atoms with Crippen LogP contribution in [0.25, 0.3) is 0 Å². The second-order valence-corrected chi connectivity index (χ2v) is 6.49. The van der Waals surface area contributed by atoms with Gasteiger partial charge in [-0.25, -0.2) is 4.79 Å². The molecule has 1 aromatic heterocycles. The highest BCUT2D eigenvalue weighted by molar-refractivity contribution is 7.16. The number of thiophene rings is 1. The summed E-state index contributed by atoms with van der Waals surface area (Å²) in [5.41, 5.74) is 0.513. The standard InChI is InChI=1S/C14H14Cl2N2O2S/c1-8(12-5-6-13(16)21-12)17-14(19)18-10-7-9(15)3-4-11(10)20-2/h3-8H,1-2H3,(H2,17,18,19)/t8-/m1/s1. The Hall–Kier alpha value is -1.43. The van der Waals surface area contributed by atoms with Crippen molar-refractivity contribution < 1.29 is 9.53 Å². The molecule has 0 aliphatic heterocycles. The summed E-state index contributed by atoms with van der Waals surface area (Å²) in [5, 5.41) is 6.07. The van der Waals surface area contributed by atoms with Gasteiger partial charge in [-0.1, -0.05) is 23.2 Å². The molecule has 1 atom stereocenters. The lowest BCUT2D eigenvalue weighted by molar-refractivity contribution is 0.249. The molecule has 0 fully saturated rings. The number of carbonyl (C=O) groups is 1. The number of ether oxygens (including phenoxy) is 1. The molecule has 2 aromatic rings. The summed E-state index contributed by atoms with van der Waals surface area (Å²) >= 11 is 13.2. The number of amides is 2. The molecule has 21 heavy (non-hydrogen) atoms. The number of hydrogen-bond acceptors (Lipinski definition) is 3. The van der Waals surface area contributed by atoms with Crippen LogP contribution in [0.15, 0.2) is 30.3 Å². The van der Waals surface area contributed by atoms with Crippen molar-refractivity contribution in [2.45, 2.75) is 13.0 Å². The van der Waals surface area contributed by atoms with E-state index in [-0.39, 0.29) is 12.1 Å². The first-order valence-corrected chi connectivity index (χ1v) is 7.73. The molecule has 0 unspecified atom stereocenters. The van der Waals surface area contributed by atoms with Crippen LogP contribution in [0.2, 0.25) is 9.36 Å². The summed E-state index contributed by atoms with van der Waals surface area (Å²) in [7, 11) is 1.53. The third-order valence-corrected chi connectivity index (χ3v) is 4.43. The van der Waals surface area contributed by atoms with Crippen LogP contribution in [0.4, 0.5) is 10.5 Å². The van der Waals surface area contributed by atoms with Gasteiger partial charge in [0.05, 0.1) is 23.2 Å². The van der Waals surface area contributed by atoms with Gasteiger partial charge in [0.2, 0.25) is 0 Å². The smallest absolute Gasteiger partial charge is 0.319 e. The Morgan fingerprint density at radius 2 is 2.05 bits per heavy atom. The molecule has 0 saturated carbocycles. The summed E-state index contributed by atoms with van der Waals surface area (Å²) < 4.78 is 5.87. The number of nitrogens with one attached hydrogen (secondary N) is 2. The zero-order valence-corrected chi connectivity index (χ0v) is 13.8. The number of rotatable bonds is 4. The Bertz CT molecular complexity index is 646. The van der Waals surface area contributed by atoms with Crippen LogP contribution in [0.1, 0.15) is 17.8 Å². The quantitative estimate of drug-likeness (QED) is 0.824. The maximum Gasteiger partial charge on any atom is 0.319 e. The van der Waals surface area contributed by atoms with Gasteiger partial charge < -0.3 is 15.4 Å². The Labute approximate surface area is 137 Å². The highest BCUT2D eigenvalue weighted by atomic mass is 35.5. The third kappa shape index (κ3) is 4.27. The molecule has 0 bridgehead atoms. The van der Waals surface area contributed by atoms with Gasteiger partial charge in [-0.15, -0.1) is 11.3 Å². The van der Waals surface area contributed by atoms with Crippen molar-refractivity contribution in [3.05, 3.63) is 44.6 Å². The van der Waals surface area contributed by atoms with Gasteiger partial charge in [-0.05, 0) is 37.3 Å². The molecule has 0 aliphatic rings. The number of anilines is 1. The molecule has 2 amide bonds. The van der Waals surface area contributed by atoms with E-state index in [4.69, 9.17) is 27.9 Å². The first-order chi connectivity index (χ1) is 9.99. The fourth-order valence-electron chi connectivity index (χ4n) is 1.77. The van der Waals surface area contributed by atoms with Crippen LogP contribution in [0, 0.1) is 0 Å². The topological polar surface area (TPSA) is 50.4 Å². The molecule has 7 heteroatoms. The fraction of sp³-hybridized carbons (Fsp3) is 0.214. The predicted octanol–water partition coefficient (Wildman–Crippen LogP) is 4.95. The Kier molecular flexibility index (Phi) is 5.33. The highest BCUT2D eigenvalue weighted by Crippen LogP contribution is 2.29. The van der Waals surface area contributed by atoms with Crippen LogP contribution >= 0.6 is 34.5 Å². The van der Waals surface area contributed by atoms with Crippen molar-refractivity contribution in [2.75, 3.05) is 12.4 Å². The van der Waals surface area contributed by atoms with Gasteiger partial charge in [-0.3, -0.25) is 0 Å². The second-order valence-electron chi connectivity index (χ2n) is 4.31. The summed E-state index contributed by atoms with van der Waals surface area (Å²) in [6.45, 7) is 1.89. The van der Waals surface area contributed by atoms with Crippen LogP contribution in [0.3, 0.4) is 0 Å². The summed E-state index contributed by atoms with van der Waals surface area (Å²) in [6.07, 6.45) is 0. The minimum absolute atomic E-state index is 0.146. The van der Waals surface area contributed by atoms with Crippen molar-refractivity contribution in [1.29, 1.82) is 0 Å². The lowest BCUT2D eigenvalue weighted by Crippen LogP contribution is -2.30. The van der Waals surface area contributed by atoms with E-state index in [0.29, 0.717) is 20.8 Å². The number of hydrogen-bond donors (Lipinski definition) is 2. The van der Waals surface area contributed by atoms with Crippen molar-refractivity contribution in [3.8, 4) is 5.75 Å². The van der Waals surface area contributed by atoms with E-state index < -0.39 is 0 Å². The van der Waals surface area contributed by atoms with Crippen molar-refractivity contribution in [2.24, 2.45) is 0 Å². The Balaban J connectivity index is 2.03. The van der Waals surface area contributed by atoms with E-state index >= 15 is 0 Å². The average Bonchev–Trinajstić information content (AvgIpc) is 2.85. The van der Waals surface area contributed by atoms with Crippen LogP contribution < -0.4 is 15.4 Å². The number of benzene rings is 1. The minimum atomic E-state index is -0.340. The molecule has 0 saturated heterocycles. The maximum atomic E-state index is 12.0. The lowest BCUT2D eigenvalue weighted by Gasteiger charge is -2.15. The Morgan fingerprint density at radius 1 is 1.29 bits per heavy atom. The van der Waals surface area contributed by atoms with Crippen molar-refractivity contribution in [3.63, 3.8) is 0 Å². The summed E-state index contributed by atoms with van der Waals surface area (Å²) in [4.78, 5) is 13.0. The van der Waals surface area contributed by atoms with Crippen LogP contribution in [-0.2, 0) is 0 Å². The first-order valence-electron chi connectivity index (χ1n) is 6.16. The molecule has 1 heterocycles. The van der Waals surface area contributed by atoms with Crippen molar-refractivity contribution >= 4 is 46.3 Å². The predicted molar refractivity (Wildman–Crippen MR) is 87.9 cm³/mol. The number of halogens is 2. The van der Waals surface area contributed by atoms with E-state index in [1.54, 1.807) is 24.3 Å². The van der Waals surface area contributed by atoms with Gasteiger partial charge in [0, 0.05) is 9.90 Å². The van der Waals surface area contributed by atoms with E-state index in [0.717, 1.165) is 4.88 Å². The maximum absolute atomic E-state index is 12.0. The zero-order chi connectivity index (χ0) is 15.4. The van der Waals surface area contributed by atoms with E-state index in [2.05, 4.69) is 10.6 Å². The van der Waals surface area contributed by atoms with E-state index in [9.17, 15) is 4.79 Å². The average molecular weight is 345 g/mol. The molecule has 112 valence electrons. The second kappa shape index (κ2) is 7.02. The van der Waals surface area contributed by atoms with Gasteiger partial charge in [0.15, 0.2) is 0 Å². The van der Waals surface area contributed by atoms with Crippen LogP contribution in [-0.4, -0.2) is 13.1 Å². The molecule has 0 aliphatic carbocycles. The number of carbonyl (C=O) groups excluding carboxylic acids is 1.